The number of benzene rings is 1. The van der Waals surface area contributed by atoms with Gasteiger partial charge in [-0.2, -0.15) is 0 Å². The standard InChI is InChI=1S/C10H13NO2.ClH/c1-2-10(12)13-7-8-5-3-4-6-9(8)11;/h3-6H,2,7,11H2,1H3;1H. The Hall–Kier alpha value is -1.22. The highest BCUT2D eigenvalue weighted by atomic mass is 35.5. The number of rotatable bonds is 3. The third-order valence-corrected chi connectivity index (χ3v) is 1.73. The van der Waals surface area contributed by atoms with E-state index in [2.05, 4.69) is 0 Å². The molecule has 0 spiro atoms. The number of nitrogens with two attached hydrogens (primary N) is 1. The molecule has 0 saturated carbocycles. The zero-order chi connectivity index (χ0) is 9.68. The molecule has 78 valence electrons. The van der Waals surface area contributed by atoms with Crippen LogP contribution in [0.3, 0.4) is 0 Å². The molecule has 2 N–H and O–H groups in total. The number of para-hydroxylation sites is 1. The van der Waals surface area contributed by atoms with Crippen LogP contribution in [0.5, 0.6) is 0 Å². The molecule has 0 aromatic heterocycles. The summed E-state index contributed by atoms with van der Waals surface area (Å²) in [5.41, 5.74) is 7.17. The van der Waals surface area contributed by atoms with Crippen molar-refractivity contribution in [2.75, 3.05) is 5.73 Å². The Morgan fingerprint density at radius 1 is 1.43 bits per heavy atom. The van der Waals surface area contributed by atoms with Gasteiger partial charge in [0.2, 0.25) is 0 Å². The molecule has 0 heterocycles. The summed E-state index contributed by atoms with van der Waals surface area (Å²) < 4.78 is 4.94. The molecule has 0 aliphatic rings. The van der Waals surface area contributed by atoms with Crippen LogP contribution in [-0.2, 0) is 16.1 Å². The Balaban J connectivity index is 0.00000169. The second-order valence-electron chi connectivity index (χ2n) is 2.71. The van der Waals surface area contributed by atoms with E-state index in [1.165, 1.54) is 0 Å². The first-order valence-electron chi connectivity index (χ1n) is 4.23. The molecule has 0 aliphatic heterocycles. The number of anilines is 1. The third-order valence-electron chi connectivity index (χ3n) is 1.73. The SMILES string of the molecule is CCC(=O)OCc1ccccc1N.Cl. The van der Waals surface area contributed by atoms with Crippen LogP contribution < -0.4 is 5.73 Å². The number of halogens is 1. The van der Waals surface area contributed by atoms with E-state index in [1.54, 1.807) is 13.0 Å². The Labute approximate surface area is 89.7 Å². The Bertz CT molecular complexity index is 302. The zero-order valence-electron chi connectivity index (χ0n) is 8.03. The molecule has 0 unspecified atom stereocenters. The molecule has 0 fully saturated rings. The monoisotopic (exact) mass is 215 g/mol. The van der Waals surface area contributed by atoms with Gasteiger partial charge in [-0.3, -0.25) is 4.79 Å². The maximum atomic E-state index is 10.8. The normalized spacial score (nSPS) is 8.93. The summed E-state index contributed by atoms with van der Waals surface area (Å²) in [6.07, 6.45) is 0.396. The van der Waals surface area contributed by atoms with Crippen LogP contribution in [0.1, 0.15) is 18.9 Å². The molecule has 4 heteroatoms. The molecular weight excluding hydrogens is 202 g/mol. The van der Waals surface area contributed by atoms with Crippen LogP contribution >= 0.6 is 12.4 Å². The van der Waals surface area contributed by atoms with Gasteiger partial charge in [0, 0.05) is 17.7 Å². The van der Waals surface area contributed by atoms with Crippen molar-refractivity contribution in [2.24, 2.45) is 0 Å². The topological polar surface area (TPSA) is 52.3 Å². The van der Waals surface area contributed by atoms with Gasteiger partial charge in [0.25, 0.3) is 0 Å². The first-order valence-corrected chi connectivity index (χ1v) is 4.23. The number of ether oxygens (including phenoxy) is 1. The molecule has 14 heavy (non-hydrogen) atoms. The van der Waals surface area contributed by atoms with Crippen molar-refractivity contribution >= 4 is 24.1 Å². The second-order valence-corrected chi connectivity index (χ2v) is 2.71. The molecule has 1 rings (SSSR count). The lowest BCUT2D eigenvalue weighted by Gasteiger charge is -2.05. The van der Waals surface area contributed by atoms with Crippen LogP contribution in [0.4, 0.5) is 5.69 Å². The Morgan fingerprint density at radius 3 is 2.64 bits per heavy atom. The number of esters is 1. The van der Waals surface area contributed by atoms with Gasteiger partial charge in [0.1, 0.15) is 6.61 Å². The summed E-state index contributed by atoms with van der Waals surface area (Å²) in [7, 11) is 0. The minimum absolute atomic E-state index is 0. The lowest BCUT2D eigenvalue weighted by Crippen LogP contribution is -2.04. The van der Waals surface area contributed by atoms with E-state index >= 15 is 0 Å². The smallest absolute Gasteiger partial charge is 0.305 e. The summed E-state index contributed by atoms with van der Waals surface area (Å²) in [5.74, 6) is -0.205. The van der Waals surface area contributed by atoms with Crippen LogP contribution in [0.2, 0.25) is 0 Å². The van der Waals surface area contributed by atoms with Gasteiger partial charge in [-0.25, -0.2) is 0 Å². The van der Waals surface area contributed by atoms with E-state index in [0.717, 1.165) is 5.56 Å². The van der Waals surface area contributed by atoms with Crippen molar-refractivity contribution in [3.8, 4) is 0 Å². The maximum Gasteiger partial charge on any atom is 0.305 e. The lowest BCUT2D eigenvalue weighted by molar-refractivity contribution is -0.144. The number of nitrogen functional groups attached to an aromatic ring is 1. The molecule has 0 amide bonds. The number of hydrogen-bond donors (Lipinski definition) is 1. The first kappa shape index (κ1) is 12.8. The maximum absolute atomic E-state index is 10.8. The minimum Gasteiger partial charge on any atom is -0.461 e. The Morgan fingerprint density at radius 2 is 2.07 bits per heavy atom. The third kappa shape index (κ3) is 3.66. The quantitative estimate of drug-likeness (QED) is 0.621. The average Bonchev–Trinajstić information content (AvgIpc) is 2.16. The summed E-state index contributed by atoms with van der Waals surface area (Å²) >= 11 is 0. The molecule has 1 aromatic carbocycles. The van der Waals surface area contributed by atoms with E-state index in [9.17, 15) is 4.79 Å². The van der Waals surface area contributed by atoms with Gasteiger partial charge in [-0.15, -0.1) is 12.4 Å². The summed E-state index contributed by atoms with van der Waals surface area (Å²) in [6.45, 7) is 2.02. The van der Waals surface area contributed by atoms with Gasteiger partial charge in [0.05, 0.1) is 0 Å². The molecule has 0 saturated heterocycles. The van der Waals surface area contributed by atoms with Crippen molar-refractivity contribution in [1.29, 1.82) is 0 Å². The largest absolute Gasteiger partial charge is 0.461 e. The predicted octanol–water partition coefficient (Wildman–Crippen LogP) is 2.14. The fourth-order valence-corrected chi connectivity index (χ4v) is 0.926. The highest BCUT2D eigenvalue weighted by Crippen LogP contribution is 2.11. The van der Waals surface area contributed by atoms with Crippen LogP contribution in [0.25, 0.3) is 0 Å². The summed E-state index contributed by atoms with van der Waals surface area (Å²) in [4.78, 5) is 10.8. The lowest BCUT2D eigenvalue weighted by atomic mass is 10.2. The van der Waals surface area contributed by atoms with E-state index < -0.39 is 0 Å². The summed E-state index contributed by atoms with van der Waals surface area (Å²) in [6, 6.07) is 7.35. The molecule has 0 bridgehead atoms. The van der Waals surface area contributed by atoms with E-state index in [-0.39, 0.29) is 25.0 Å². The first-order chi connectivity index (χ1) is 6.24. The van der Waals surface area contributed by atoms with Crippen molar-refractivity contribution in [3.05, 3.63) is 29.8 Å². The van der Waals surface area contributed by atoms with Gasteiger partial charge in [0.15, 0.2) is 0 Å². The highest BCUT2D eigenvalue weighted by Gasteiger charge is 2.01. The second kappa shape index (κ2) is 6.27. The highest BCUT2D eigenvalue weighted by molar-refractivity contribution is 5.85. The number of carbonyl (C=O) groups excluding carboxylic acids is 1. The minimum atomic E-state index is -0.205. The molecular formula is C10H14ClNO2. The van der Waals surface area contributed by atoms with Gasteiger partial charge >= 0.3 is 5.97 Å². The van der Waals surface area contributed by atoms with E-state index in [1.807, 2.05) is 18.2 Å². The van der Waals surface area contributed by atoms with Crippen LogP contribution in [-0.4, -0.2) is 5.97 Å². The predicted molar refractivity (Wildman–Crippen MR) is 58.2 cm³/mol. The van der Waals surface area contributed by atoms with Crippen LogP contribution in [0, 0.1) is 0 Å². The fraction of sp³-hybridized carbons (Fsp3) is 0.300. The van der Waals surface area contributed by atoms with Gasteiger partial charge < -0.3 is 10.5 Å². The average molecular weight is 216 g/mol. The molecule has 1 aromatic rings. The van der Waals surface area contributed by atoms with Crippen molar-refractivity contribution in [2.45, 2.75) is 20.0 Å². The van der Waals surface area contributed by atoms with Crippen molar-refractivity contribution in [1.82, 2.24) is 0 Å². The van der Waals surface area contributed by atoms with Crippen molar-refractivity contribution in [3.63, 3.8) is 0 Å². The van der Waals surface area contributed by atoms with Gasteiger partial charge in [-0.05, 0) is 6.07 Å². The van der Waals surface area contributed by atoms with E-state index in [0.29, 0.717) is 12.1 Å². The Kier molecular flexibility index (Phi) is 5.72. The number of carbonyl (C=O) groups is 1. The molecule has 0 aliphatic carbocycles. The summed E-state index contributed by atoms with van der Waals surface area (Å²) in [5, 5.41) is 0. The molecule has 0 radical (unpaired) electrons. The molecule has 0 atom stereocenters. The number of hydrogen-bond acceptors (Lipinski definition) is 3. The zero-order valence-corrected chi connectivity index (χ0v) is 8.84. The van der Waals surface area contributed by atoms with E-state index in [4.69, 9.17) is 10.5 Å². The van der Waals surface area contributed by atoms with Gasteiger partial charge in [-0.1, -0.05) is 25.1 Å². The van der Waals surface area contributed by atoms with Crippen molar-refractivity contribution < 1.29 is 9.53 Å². The fourth-order valence-electron chi connectivity index (χ4n) is 0.926. The van der Waals surface area contributed by atoms with Crippen LogP contribution in [0.15, 0.2) is 24.3 Å². The molecule has 3 nitrogen and oxygen atoms in total.